The van der Waals surface area contributed by atoms with Crippen molar-refractivity contribution in [2.24, 2.45) is 0 Å². The molecule has 4 rings (SSSR count). The van der Waals surface area contributed by atoms with E-state index in [2.05, 4.69) is 52.2 Å². The Morgan fingerprint density at radius 1 is 1.00 bits per heavy atom. The number of ketones is 1. The van der Waals surface area contributed by atoms with E-state index in [-0.39, 0.29) is 11.8 Å². The first-order valence-corrected chi connectivity index (χ1v) is 11.2. The molecule has 1 aliphatic heterocycles. The number of nitrogens with zero attached hydrogens (tertiary/aromatic N) is 4. The first-order valence-electron chi connectivity index (χ1n) is 10.3. The van der Waals surface area contributed by atoms with Gasteiger partial charge in [0, 0.05) is 42.5 Å². The minimum atomic E-state index is -0.0396. The Labute approximate surface area is 187 Å². The average molecular weight is 431 g/mol. The van der Waals surface area contributed by atoms with Crippen molar-refractivity contribution in [3.63, 3.8) is 0 Å². The minimum Gasteiger partial charge on any atom is -0.368 e. The lowest BCUT2D eigenvalue weighted by atomic mass is 10.0. The van der Waals surface area contributed by atoms with Gasteiger partial charge in [-0.1, -0.05) is 79.1 Å². The Morgan fingerprint density at radius 3 is 2.32 bits per heavy atom. The molecular formula is C25H26N4OS. The van der Waals surface area contributed by atoms with Gasteiger partial charge in [-0.05, 0) is 19.4 Å². The van der Waals surface area contributed by atoms with E-state index in [4.69, 9.17) is 0 Å². The second-order valence-electron chi connectivity index (χ2n) is 7.78. The number of carbonyl (C=O) groups excluding carboxylic acids is 1. The highest BCUT2D eigenvalue weighted by molar-refractivity contribution is 7.14. The zero-order valence-electron chi connectivity index (χ0n) is 17.9. The van der Waals surface area contributed by atoms with Gasteiger partial charge >= 0.3 is 0 Å². The van der Waals surface area contributed by atoms with Gasteiger partial charge in [0.25, 0.3) is 0 Å². The van der Waals surface area contributed by atoms with Gasteiger partial charge < -0.3 is 9.80 Å². The van der Waals surface area contributed by atoms with Crippen LogP contribution >= 0.6 is 11.3 Å². The fraction of sp³-hybridized carbons (Fsp3) is 0.240. The van der Waals surface area contributed by atoms with Crippen molar-refractivity contribution >= 4 is 22.8 Å². The van der Waals surface area contributed by atoms with Crippen LogP contribution in [-0.4, -0.2) is 51.5 Å². The lowest BCUT2D eigenvalue weighted by molar-refractivity contribution is 0.0926. The first kappa shape index (κ1) is 21.0. The number of allylic oxidation sites excluding steroid dienone is 1. The zero-order valence-corrected chi connectivity index (χ0v) is 18.7. The number of hydrogen-bond donors (Lipinski definition) is 0. The fourth-order valence-corrected chi connectivity index (χ4v) is 4.59. The molecule has 0 N–H and O–H groups in total. The van der Waals surface area contributed by atoms with E-state index in [1.54, 1.807) is 11.3 Å². The van der Waals surface area contributed by atoms with Gasteiger partial charge in [-0.15, -0.1) is 10.2 Å². The first-order chi connectivity index (χ1) is 14.9. The third-order valence-electron chi connectivity index (χ3n) is 5.65. The van der Waals surface area contributed by atoms with Gasteiger partial charge in [0.1, 0.15) is 10.0 Å². The molecule has 1 atom stereocenters. The smallest absolute Gasteiger partial charge is 0.208 e. The number of aromatic nitrogens is 2. The molecule has 1 aromatic heterocycles. The van der Waals surface area contributed by atoms with Crippen LogP contribution in [0.25, 0.3) is 16.3 Å². The molecule has 0 aliphatic carbocycles. The Balaban J connectivity index is 1.41. The van der Waals surface area contributed by atoms with E-state index in [1.807, 2.05) is 49.4 Å². The normalized spacial score (nSPS) is 16.3. The Kier molecular flexibility index (Phi) is 6.00. The maximum atomic E-state index is 13.1. The number of aryl methyl sites for hydroxylation is 1. The van der Waals surface area contributed by atoms with Crippen LogP contribution in [0.4, 0.5) is 0 Å². The summed E-state index contributed by atoms with van der Waals surface area (Å²) in [7, 11) is 0. The highest BCUT2D eigenvalue weighted by Gasteiger charge is 2.28. The Bertz CT molecular complexity index is 1100. The molecule has 158 valence electrons. The summed E-state index contributed by atoms with van der Waals surface area (Å²) in [5.41, 5.74) is 4.29. The largest absolute Gasteiger partial charge is 0.368 e. The van der Waals surface area contributed by atoms with E-state index in [0.29, 0.717) is 11.3 Å². The SMILES string of the molecule is C=C(c1ccccc1)N1CCN(C(=C)C(=O)c2ccc(-c3nnc(C)s3)cc2)C(C)C1. The third kappa shape index (κ3) is 4.44. The third-order valence-corrected chi connectivity index (χ3v) is 6.53. The molecule has 2 aromatic carbocycles. The predicted molar refractivity (Wildman–Crippen MR) is 127 cm³/mol. The predicted octanol–water partition coefficient (Wildman–Crippen LogP) is 4.89. The molecule has 5 nitrogen and oxygen atoms in total. The summed E-state index contributed by atoms with van der Waals surface area (Å²) < 4.78 is 0. The van der Waals surface area contributed by atoms with E-state index in [1.165, 1.54) is 0 Å². The summed E-state index contributed by atoms with van der Waals surface area (Å²) in [4.78, 5) is 17.5. The molecule has 0 radical (unpaired) electrons. The molecule has 2 heterocycles. The Morgan fingerprint density at radius 2 is 1.71 bits per heavy atom. The van der Waals surface area contributed by atoms with Crippen molar-refractivity contribution in [1.82, 2.24) is 20.0 Å². The number of Topliss-reactive ketones (excluding diaryl/α,β-unsaturated/α-hetero) is 1. The van der Waals surface area contributed by atoms with E-state index in [9.17, 15) is 4.79 Å². The molecule has 3 aromatic rings. The maximum absolute atomic E-state index is 13.1. The van der Waals surface area contributed by atoms with Crippen LogP contribution < -0.4 is 0 Å². The molecule has 1 saturated heterocycles. The molecule has 0 spiro atoms. The number of rotatable bonds is 6. The van der Waals surface area contributed by atoms with Crippen molar-refractivity contribution in [3.8, 4) is 10.6 Å². The number of piperazine rings is 1. The summed E-state index contributed by atoms with van der Waals surface area (Å²) in [6, 6.07) is 17.9. The second-order valence-corrected chi connectivity index (χ2v) is 8.96. The van der Waals surface area contributed by atoms with Crippen LogP contribution in [0, 0.1) is 6.92 Å². The van der Waals surface area contributed by atoms with Crippen molar-refractivity contribution in [2.45, 2.75) is 19.9 Å². The van der Waals surface area contributed by atoms with Crippen molar-refractivity contribution in [2.75, 3.05) is 19.6 Å². The number of benzene rings is 2. The quantitative estimate of drug-likeness (QED) is 0.412. The number of carbonyl (C=O) groups is 1. The van der Waals surface area contributed by atoms with Crippen LogP contribution in [0.15, 0.2) is 73.5 Å². The lowest BCUT2D eigenvalue weighted by Crippen LogP contribution is -2.51. The summed E-state index contributed by atoms with van der Waals surface area (Å²) in [6.07, 6.45) is 0. The molecule has 1 aliphatic rings. The van der Waals surface area contributed by atoms with Crippen molar-refractivity contribution < 1.29 is 4.79 Å². The summed E-state index contributed by atoms with van der Waals surface area (Å²) in [5.74, 6) is -0.0396. The highest BCUT2D eigenvalue weighted by atomic mass is 32.1. The van der Waals surface area contributed by atoms with Crippen LogP contribution in [0.1, 0.15) is 27.9 Å². The molecule has 0 saturated carbocycles. The molecule has 1 fully saturated rings. The van der Waals surface area contributed by atoms with Crippen LogP contribution in [-0.2, 0) is 0 Å². The average Bonchev–Trinajstić information content (AvgIpc) is 3.24. The maximum Gasteiger partial charge on any atom is 0.208 e. The van der Waals surface area contributed by atoms with E-state index in [0.717, 1.165) is 46.5 Å². The van der Waals surface area contributed by atoms with Crippen molar-refractivity contribution in [3.05, 3.63) is 89.6 Å². The molecule has 31 heavy (non-hydrogen) atoms. The van der Waals surface area contributed by atoms with E-state index < -0.39 is 0 Å². The second kappa shape index (κ2) is 8.86. The lowest BCUT2D eigenvalue weighted by Gasteiger charge is -2.43. The molecule has 1 unspecified atom stereocenters. The van der Waals surface area contributed by atoms with Gasteiger partial charge in [0.05, 0.1) is 5.70 Å². The summed E-state index contributed by atoms with van der Waals surface area (Å²) >= 11 is 1.54. The molecule has 6 heteroatoms. The standard InChI is InChI=1S/C25H26N4OS/c1-17-16-28(18(2)21-8-6-5-7-9-21)14-15-29(17)19(3)24(30)22-10-12-23(13-11-22)25-27-26-20(4)31-25/h5-13,17H,2-3,14-16H2,1,4H3. The van der Waals surface area contributed by atoms with Gasteiger partial charge in [-0.2, -0.15) is 0 Å². The van der Waals surface area contributed by atoms with Crippen LogP contribution in [0.5, 0.6) is 0 Å². The van der Waals surface area contributed by atoms with Crippen LogP contribution in [0.3, 0.4) is 0 Å². The van der Waals surface area contributed by atoms with E-state index >= 15 is 0 Å². The zero-order chi connectivity index (χ0) is 22.0. The molecule has 0 bridgehead atoms. The van der Waals surface area contributed by atoms with Gasteiger partial charge in [0.2, 0.25) is 5.78 Å². The molecule has 0 amide bonds. The van der Waals surface area contributed by atoms with Crippen molar-refractivity contribution in [1.29, 1.82) is 0 Å². The Hall–Kier alpha value is -3.25. The highest BCUT2D eigenvalue weighted by Crippen LogP contribution is 2.26. The summed E-state index contributed by atoms with van der Waals surface area (Å²) in [6.45, 7) is 14.8. The summed E-state index contributed by atoms with van der Waals surface area (Å²) in [5, 5.41) is 10.0. The topological polar surface area (TPSA) is 49.3 Å². The number of hydrogen-bond acceptors (Lipinski definition) is 6. The van der Waals surface area contributed by atoms with Gasteiger partial charge in [-0.3, -0.25) is 4.79 Å². The molecular weight excluding hydrogens is 404 g/mol. The monoisotopic (exact) mass is 430 g/mol. The van der Waals surface area contributed by atoms with Gasteiger partial charge in [0.15, 0.2) is 0 Å². The van der Waals surface area contributed by atoms with Crippen LogP contribution in [0.2, 0.25) is 0 Å². The van der Waals surface area contributed by atoms with Gasteiger partial charge in [-0.25, -0.2) is 0 Å². The minimum absolute atomic E-state index is 0.0396. The fourth-order valence-electron chi connectivity index (χ4n) is 3.89.